The van der Waals surface area contributed by atoms with Crippen LogP contribution in [0.15, 0.2) is 22.7 Å². The number of nitrogens with two attached hydrogens (primary N) is 1. The van der Waals surface area contributed by atoms with Crippen LogP contribution in [0.5, 0.6) is 0 Å². The van der Waals surface area contributed by atoms with Gasteiger partial charge < -0.3 is 10.5 Å². The first-order valence-corrected chi connectivity index (χ1v) is 7.98. The van der Waals surface area contributed by atoms with E-state index in [1.165, 1.54) is 12.8 Å². The maximum absolute atomic E-state index is 5.91. The zero-order valence-corrected chi connectivity index (χ0v) is 13.0. The van der Waals surface area contributed by atoms with Gasteiger partial charge in [-0.05, 0) is 53.8 Å². The minimum Gasteiger partial charge on any atom is -0.399 e. The van der Waals surface area contributed by atoms with Crippen LogP contribution in [0.3, 0.4) is 0 Å². The number of benzene rings is 1. The van der Waals surface area contributed by atoms with Crippen LogP contribution in [0, 0.1) is 5.92 Å². The largest absolute Gasteiger partial charge is 0.399 e. The highest BCUT2D eigenvalue weighted by molar-refractivity contribution is 9.10. The van der Waals surface area contributed by atoms with E-state index in [-0.39, 0.29) is 12.1 Å². The van der Waals surface area contributed by atoms with Gasteiger partial charge in [0.2, 0.25) is 0 Å². The molecule has 1 aromatic carbocycles. The molecule has 1 aromatic heterocycles. The number of aromatic nitrogens is 4. The molecule has 1 saturated carbocycles. The zero-order valence-electron chi connectivity index (χ0n) is 11.4. The van der Waals surface area contributed by atoms with Gasteiger partial charge in [0.25, 0.3) is 0 Å². The van der Waals surface area contributed by atoms with Crippen LogP contribution in [0.4, 0.5) is 5.69 Å². The molecule has 6 nitrogen and oxygen atoms in total. The second kappa shape index (κ2) is 5.06. The Labute approximate surface area is 130 Å². The lowest BCUT2D eigenvalue weighted by Crippen LogP contribution is -2.24. The van der Waals surface area contributed by atoms with Crippen molar-refractivity contribution in [3.05, 3.63) is 22.7 Å². The summed E-state index contributed by atoms with van der Waals surface area (Å²) < 4.78 is 8.76. The monoisotopic (exact) mass is 349 g/mol. The van der Waals surface area contributed by atoms with Gasteiger partial charge in [-0.2, -0.15) is 0 Å². The molecular formula is C14H16BrN5O. The van der Waals surface area contributed by atoms with Gasteiger partial charge >= 0.3 is 0 Å². The lowest BCUT2D eigenvalue weighted by Gasteiger charge is -2.19. The van der Waals surface area contributed by atoms with Gasteiger partial charge in [0, 0.05) is 22.3 Å². The summed E-state index contributed by atoms with van der Waals surface area (Å²) in [5, 5.41) is 12.3. The first-order valence-electron chi connectivity index (χ1n) is 7.19. The number of ether oxygens (including phenoxy) is 1. The summed E-state index contributed by atoms with van der Waals surface area (Å²) in [6.45, 7) is 0.781. The quantitative estimate of drug-likeness (QED) is 0.860. The Balaban J connectivity index is 1.75. The third-order valence-corrected chi connectivity index (χ3v) is 4.92. The molecule has 4 rings (SSSR count). The second-order valence-corrected chi connectivity index (χ2v) is 6.57. The molecule has 2 N–H and O–H groups in total. The highest BCUT2D eigenvalue weighted by Crippen LogP contribution is 2.44. The van der Waals surface area contributed by atoms with Crippen LogP contribution in [-0.2, 0) is 4.74 Å². The maximum atomic E-state index is 5.91. The molecule has 2 unspecified atom stereocenters. The molecule has 21 heavy (non-hydrogen) atoms. The van der Waals surface area contributed by atoms with E-state index in [0.29, 0.717) is 11.6 Å². The van der Waals surface area contributed by atoms with E-state index >= 15 is 0 Å². The van der Waals surface area contributed by atoms with Gasteiger partial charge in [0.15, 0.2) is 5.82 Å². The van der Waals surface area contributed by atoms with Gasteiger partial charge in [0.05, 0.1) is 12.1 Å². The smallest absolute Gasteiger partial charge is 0.183 e. The lowest BCUT2D eigenvalue weighted by molar-refractivity contribution is 0.0725. The van der Waals surface area contributed by atoms with E-state index < -0.39 is 0 Å². The normalized spacial score (nSPS) is 25.4. The van der Waals surface area contributed by atoms with Crippen molar-refractivity contribution in [2.75, 3.05) is 12.3 Å². The number of halogens is 1. The van der Waals surface area contributed by atoms with Gasteiger partial charge in [-0.25, -0.2) is 4.68 Å². The van der Waals surface area contributed by atoms with Crippen molar-refractivity contribution in [1.29, 1.82) is 0 Å². The van der Waals surface area contributed by atoms with E-state index in [1.807, 2.05) is 22.9 Å². The Morgan fingerprint density at radius 1 is 1.29 bits per heavy atom. The van der Waals surface area contributed by atoms with Crippen molar-refractivity contribution in [1.82, 2.24) is 20.2 Å². The van der Waals surface area contributed by atoms with Crippen molar-refractivity contribution in [2.45, 2.75) is 31.4 Å². The van der Waals surface area contributed by atoms with Crippen LogP contribution < -0.4 is 5.73 Å². The number of anilines is 1. The summed E-state index contributed by atoms with van der Waals surface area (Å²) >= 11 is 3.56. The third kappa shape index (κ3) is 2.34. The molecule has 0 spiro atoms. The number of nitrogen functional groups attached to an aromatic ring is 1. The first-order chi connectivity index (χ1) is 10.2. The van der Waals surface area contributed by atoms with E-state index in [1.54, 1.807) is 0 Å². The molecule has 2 atom stereocenters. The minimum atomic E-state index is 0.218. The van der Waals surface area contributed by atoms with Crippen molar-refractivity contribution in [3.8, 4) is 11.4 Å². The molecule has 2 aliphatic rings. The summed E-state index contributed by atoms with van der Waals surface area (Å²) in [4.78, 5) is 0. The number of hydrogen-bond donors (Lipinski definition) is 1. The predicted molar refractivity (Wildman–Crippen MR) is 81.5 cm³/mol. The van der Waals surface area contributed by atoms with Crippen molar-refractivity contribution in [2.24, 2.45) is 5.92 Å². The molecule has 7 heteroatoms. The summed E-state index contributed by atoms with van der Waals surface area (Å²) in [5.41, 5.74) is 7.52. The average molecular weight is 350 g/mol. The van der Waals surface area contributed by atoms with Crippen molar-refractivity contribution < 1.29 is 4.74 Å². The standard InChI is InChI=1S/C14H16BrN5O/c15-11-4-3-9(16)7-10(11)14-17-18-19-20(14)12-5-6-21-13(12)8-1-2-8/h3-4,7-8,12-13H,1-2,5-6,16H2. The molecule has 1 aliphatic heterocycles. The van der Waals surface area contributed by atoms with E-state index in [4.69, 9.17) is 10.5 Å². The number of tetrazole rings is 1. The average Bonchev–Trinajstić information content (AvgIpc) is 3.02. The fourth-order valence-electron chi connectivity index (χ4n) is 3.05. The van der Waals surface area contributed by atoms with E-state index in [0.717, 1.165) is 28.9 Å². The molecule has 2 fully saturated rings. The molecule has 2 heterocycles. The Morgan fingerprint density at radius 2 is 2.14 bits per heavy atom. The topological polar surface area (TPSA) is 78.9 Å². The molecule has 110 valence electrons. The molecule has 1 aliphatic carbocycles. The predicted octanol–water partition coefficient (Wildman–Crippen LogP) is 2.42. The van der Waals surface area contributed by atoms with Crippen molar-refractivity contribution in [3.63, 3.8) is 0 Å². The minimum absolute atomic E-state index is 0.218. The third-order valence-electron chi connectivity index (χ3n) is 4.23. The van der Waals surface area contributed by atoms with Crippen LogP contribution in [0.25, 0.3) is 11.4 Å². The lowest BCUT2D eigenvalue weighted by atomic mass is 10.1. The van der Waals surface area contributed by atoms with E-state index in [2.05, 4.69) is 31.5 Å². The first kappa shape index (κ1) is 13.2. The molecule has 1 saturated heterocycles. The molecule has 0 amide bonds. The number of nitrogens with zero attached hydrogens (tertiary/aromatic N) is 4. The second-order valence-electron chi connectivity index (χ2n) is 5.72. The van der Waals surface area contributed by atoms with E-state index in [9.17, 15) is 0 Å². The Hall–Kier alpha value is -1.47. The van der Waals surface area contributed by atoms with Crippen molar-refractivity contribution >= 4 is 21.6 Å². The van der Waals surface area contributed by atoms with Gasteiger partial charge in [-0.15, -0.1) is 5.10 Å². The number of hydrogen-bond acceptors (Lipinski definition) is 5. The molecule has 0 radical (unpaired) electrons. The highest BCUT2D eigenvalue weighted by Gasteiger charge is 2.43. The summed E-state index contributed by atoms with van der Waals surface area (Å²) in [6.07, 6.45) is 3.70. The van der Waals surface area contributed by atoms with Gasteiger partial charge in [-0.3, -0.25) is 0 Å². The van der Waals surface area contributed by atoms with Crippen LogP contribution in [-0.4, -0.2) is 32.9 Å². The molecule has 2 aromatic rings. The molecule has 0 bridgehead atoms. The molecular weight excluding hydrogens is 334 g/mol. The maximum Gasteiger partial charge on any atom is 0.183 e. The Bertz CT molecular complexity index is 669. The summed E-state index contributed by atoms with van der Waals surface area (Å²) in [7, 11) is 0. The Morgan fingerprint density at radius 3 is 2.95 bits per heavy atom. The number of rotatable bonds is 3. The summed E-state index contributed by atoms with van der Waals surface area (Å²) in [5.74, 6) is 1.41. The highest BCUT2D eigenvalue weighted by atomic mass is 79.9. The van der Waals surface area contributed by atoms with Crippen LogP contribution in [0.1, 0.15) is 25.3 Å². The summed E-state index contributed by atoms with van der Waals surface area (Å²) in [6, 6.07) is 5.89. The SMILES string of the molecule is Nc1ccc(Br)c(-c2nnnn2C2CCOC2C2CC2)c1. The fraction of sp³-hybridized carbons (Fsp3) is 0.500. The van der Waals surface area contributed by atoms with Gasteiger partial charge in [0.1, 0.15) is 0 Å². The fourth-order valence-corrected chi connectivity index (χ4v) is 3.47. The zero-order chi connectivity index (χ0) is 14.4. The van der Waals surface area contributed by atoms with Gasteiger partial charge in [-0.1, -0.05) is 15.9 Å². The Kier molecular flexibility index (Phi) is 3.19. The van der Waals surface area contributed by atoms with Crippen LogP contribution in [0.2, 0.25) is 0 Å². The van der Waals surface area contributed by atoms with Crippen LogP contribution >= 0.6 is 15.9 Å².